The lowest BCUT2D eigenvalue weighted by Gasteiger charge is -2.48. The molecule has 6 heteroatoms. The molecule has 2 atom stereocenters. The van der Waals surface area contributed by atoms with E-state index in [2.05, 4.69) is 24.2 Å². The molecule has 2 aliphatic heterocycles. The van der Waals surface area contributed by atoms with Gasteiger partial charge in [0.1, 0.15) is 6.23 Å². The van der Waals surface area contributed by atoms with E-state index in [1.165, 1.54) is 0 Å². The molecule has 1 N–H and O–H groups in total. The van der Waals surface area contributed by atoms with Crippen LogP contribution in [-0.4, -0.2) is 41.6 Å². The number of likely N-dealkylation sites (tertiary alicyclic amines) is 1. The standard InChI is InChI=1S/C16H23N3O3/c1-12-11-16(7-9-18(2)10-8-16)22-15(17-12)13-3-5-14(6-4-13)19(20)21/h3-6,12,15,17H,7-11H2,1-2H3. The Kier molecular flexibility index (Phi) is 4.16. The zero-order valence-electron chi connectivity index (χ0n) is 13.1. The molecule has 3 rings (SSSR count). The molecule has 0 radical (unpaired) electrons. The number of benzene rings is 1. The van der Waals surface area contributed by atoms with Gasteiger partial charge in [-0.15, -0.1) is 0 Å². The lowest BCUT2D eigenvalue weighted by molar-refractivity contribution is -0.384. The van der Waals surface area contributed by atoms with Crippen molar-refractivity contribution in [2.45, 2.75) is 44.1 Å². The van der Waals surface area contributed by atoms with Crippen LogP contribution in [0.3, 0.4) is 0 Å². The normalized spacial score (nSPS) is 28.6. The van der Waals surface area contributed by atoms with E-state index in [1.54, 1.807) is 24.3 Å². The molecule has 2 saturated heterocycles. The Bertz CT molecular complexity index is 538. The van der Waals surface area contributed by atoms with Crippen LogP contribution in [0.5, 0.6) is 0 Å². The minimum atomic E-state index is -0.375. The molecule has 2 heterocycles. The van der Waals surface area contributed by atoms with E-state index in [4.69, 9.17) is 4.74 Å². The van der Waals surface area contributed by atoms with E-state index in [1.807, 2.05) is 0 Å². The lowest BCUT2D eigenvalue weighted by Crippen LogP contribution is -2.54. The number of nitrogens with one attached hydrogen (secondary N) is 1. The minimum Gasteiger partial charge on any atom is -0.352 e. The summed E-state index contributed by atoms with van der Waals surface area (Å²) in [6, 6.07) is 7.03. The Hall–Kier alpha value is -1.50. The zero-order valence-corrected chi connectivity index (χ0v) is 13.1. The van der Waals surface area contributed by atoms with Crippen molar-refractivity contribution in [1.82, 2.24) is 10.2 Å². The average molecular weight is 305 g/mol. The molecule has 0 aliphatic carbocycles. The second-order valence-electron chi connectivity index (χ2n) is 6.60. The molecule has 0 aromatic heterocycles. The Balaban J connectivity index is 1.77. The number of hydrogen-bond acceptors (Lipinski definition) is 5. The van der Waals surface area contributed by atoms with E-state index < -0.39 is 0 Å². The number of non-ortho nitro benzene ring substituents is 1. The van der Waals surface area contributed by atoms with Crippen LogP contribution in [0.4, 0.5) is 5.69 Å². The summed E-state index contributed by atoms with van der Waals surface area (Å²) >= 11 is 0. The second-order valence-corrected chi connectivity index (χ2v) is 6.60. The van der Waals surface area contributed by atoms with E-state index in [-0.39, 0.29) is 22.4 Å². The van der Waals surface area contributed by atoms with Gasteiger partial charge in [-0.1, -0.05) is 0 Å². The number of piperidine rings is 1. The second kappa shape index (κ2) is 5.95. The molecule has 0 amide bonds. The van der Waals surface area contributed by atoms with Gasteiger partial charge >= 0.3 is 0 Å². The van der Waals surface area contributed by atoms with Crippen LogP contribution in [0.15, 0.2) is 24.3 Å². The van der Waals surface area contributed by atoms with Gasteiger partial charge in [0.15, 0.2) is 0 Å². The lowest BCUT2D eigenvalue weighted by atomic mass is 9.84. The van der Waals surface area contributed by atoms with Crippen LogP contribution in [0.25, 0.3) is 0 Å². The highest BCUT2D eigenvalue weighted by molar-refractivity contribution is 5.34. The molecule has 0 saturated carbocycles. The quantitative estimate of drug-likeness (QED) is 0.671. The van der Waals surface area contributed by atoms with Gasteiger partial charge in [0.25, 0.3) is 5.69 Å². The van der Waals surface area contributed by atoms with Gasteiger partial charge in [0.05, 0.1) is 10.5 Å². The third-order valence-electron chi connectivity index (χ3n) is 4.79. The van der Waals surface area contributed by atoms with Crippen molar-refractivity contribution in [3.8, 4) is 0 Å². The predicted molar refractivity (Wildman–Crippen MR) is 83.6 cm³/mol. The fourth-order valence-electron chi connectivity index (χ4n) is 3.49. The van der Waals surface area contributed by atoms with Gasteiger partial charge < -0.3 is 9.64 Å². The van der Waals surface area contributed by atoms with Crippen molar-refractivity contribution in [1.29, 1.82) is 0 Å². The summed E-state index contributed by atoms with van der Waals surface area (Å²) in [5, 5.41) is 14.2. The smallest absolute Gasteiger partial charge is 0.269 e. The molecule has 6 nitrogen and oxygen atoms in total. The first-order chi connectivity index (χ1) is 10.5. The average Bonchev–Trinajstić information content (AvgIpc) is 2.50. The van der Waals surface area contributed by atoms with Crippen LogP contribution in [0, 0.1) is 10.1 Å². The van der Waals surface area contributed by atoms with Crippen LogP contribution in [-0.2, 0) is 4.74 Å². The van der Waals surface area contributed by atoms with Gasteiger partial charge in [-0.3, -0.25) is 15.4 Å². The highest BCUT2D eigenvalue weighted by Gasteiger charge is 2.42. The molecule has 120 valence electrons. The van der Waals surface area contributed by atoms with Gasteiger partial charge in [-0.25, -0.2) is 0 Å². The van der Waals surface area contributed by atoms with Crippen molar-refractivity contribution in [2.24, 2.45) is 0 Å². The molecule has 22 heavy (non-hydrogen) atoms. The summed E-state index contributed by atoms with van der Waals surface area (Å²) in [5.41, 5.74) is 1.00. The van der Waals surface area contributed by atoms with Crippen molar-refractivity contribution < 1.29 is 9.66 Å². The first kappa shape index (κ1) is 15.4. The van der Waals surface area contributed by atoms with Crippen molar-refractivity contribution >= 4 is 5.69 Å². The molecule has 0 bridgehead atoms. The third kappa shape index (κ3) is 3.14. The summed E-state index contributed by atoms with van der Waals surface area (Å²) in [7, 11) is 2.14. The Morgan fingerprint density at radius 1 is 1.32 bits per heavy atom. The summed E-state index contributed by atoms with van der Waals surface area (Å²) < 4.78 is 6.41. The fourth-order valence-corrected chi connectivity index (χ4v) is 3.49. The van der Waals surface area contributed by atoms with E-state index in [9.17, 15) is 10.1 Å². The van der Waals surface area contributed by atoms with Gasteiger partial charge in [0, 0.05) is 31.3 Å². The summed E-state index contributed by atoms with van der Waals surface area (Å²) in [6.07, 6.45) is 2.91. The maximum Gasteiger partial charge on any atom is 0.269 e. The van der Waals surface area contributed by atoms with Gasteiger partial charge in [-0.05, 0) is 50.9 Å². The number of ether oxygens (including phenoxy) is 1. The van der Waals surface area contributed by atoms with Gasteiger partial charge in [-0.2, -0.15) is 0 Å². The number of nitrogens with zero attached hydrogens (tertiary/aromatic N) is 2. The number of nitro benzene ring substituents is 1. The van der Waals surface area contributed by atoms with Crippen molar-refractivity contribution in [2.75, 3.05) is 20.1 Å². The SMILES string of the molecule is CC1CC2(CCN(C)CC2)OC(c2ccc([N+](=O)[O-])cc2)N1. The minimum absolute atomic E-state index is 0.0659. The third-order valence-corrected chi connectivity index (χ3v) is 4.79. The molecule has 1 spiro atoms. The van der Waals surface area contributed by atoms with Crippen LogP contribution in [0.2, 0.25) is 0 Å². The van der Waals surface area contributed by atoms with E-state index in [0.29, 0.717) is 6.04 Å². The highest BCUT2D eigenvalue weighted by Crippen LogP contribution is 2.38. The van der Waals surface area contributed by atoms with Crippen LogP contribution >= 0.6 is 0 Å². The fraction of sp³-hybridized carbons (Fsp3) is 0.625. The Morgan fingerprint density at radius 3 is 2.55 bits per heavy atom. The molecule has 1 aromatic rings. The molecule has 2 aliphatic rings. The molecule has 1 aromatic carbocycles. The summed E-state index contributed by atoms with van der Waals surface area (Å²) in [4.78, 5) is 12.7. The van der Waals surface area contributed by atoms with E-state index in [0.717, 1.165) is 37.9 Å². The first-order valence-electron chi connectivity index (χ1n) is 7.84. The van der Waals surface area contributed by atoms with Crippen molar-refractivity contribution in [3.05, 3.63) is 39.9 Å². The van der Waals surface area contributed by atoms with Crippen molar-refractivity contribution in [3.63, 3.8) is 0 Å². The number of nitro groups is 1. The van der Waals surface area contributed by atoms with Gasteiger partial charge in [0.2, 0.25) is 0 Å². The summed E-state index contributed by atoms with van der Waals surface area (Å²) in [5.74, 6) is 0. The van der Waals surface area contributed by atoms with Crippen LogP contribution < -0.4 is 5.32 Å². The zero-order chi connectivity index (χ0) is 15.7. The summed E-state index contributed by atoms with van der Waals surface area (Å²) in [6.45, 7) is 4.29. The first-order valence-corrected chi connectivity index (χ1v) is 7.84. The van der Waals surface area contributed by atoms with E-state index >= 15 is 0 Å². The number of rotatable bonds is 2. The predicted octanol–water partition coefficient (Wildman–Crippen LogP) is 2.46. The topological polar surface area (TPSA) is 67.6 Å². The Morgan fingerprint density at radius 2 is 1.95 bits per heavy atom. The number of hydrogen-bond donors (Lipinski definition) is 1. The Labute approximate surface area is 130 Å². The maximum atomic E-state index is 10.8. The largest absolute Gasteiger partial charge is 0.352 e. The molecular formula is C16H23N3O3. The maximum absolute atomic E-state index is 10.8. The molecule has 2 unspecified atom stereocenters. The highest BCUT2D eigenvalue weighted by atomic mass is 16.6. The molecular weight excluding hydrogens is 282 g/mol. The van der Waals surface area contributed by atoms with Crippen LogP contribution in [0.1, 0.15) is 38.0 Å². The molecule has 2 fully saturated rings. The monoisotopic (exact) mass is 305 g/mol.